The highest BCUT2D eigenvalue weighted by Crippen LogP contribution is 2.66. The third-order valence-electron chi connectivity index (χ3n) is 3.72. The highest BCUT2D eigenvalue weighted by atomic mass is 32.5. The fraction of sp³-hybridized carbons (Fsp3) is 0.500. The first-order valence-electron chi connectivity index (χ1n) is 7.81. The summed E-state index contributed by atoms with van der Waals surface area (Å²) < 4.78 is 41.8. The molecule has 1 aliphatic heterocycles. The normalized spacial score (nSPS) is 26.5. The molecule has 2 aromatic rings. The van der Waals surface area contributed by atoms with E-state index in [1.165, 1.54) is 17.2 Å². The molecule has 3 rings (SSSR count). The largest absolute Gasteiger partial charge is 0.488 e. The van der Waals surface area contributed by atoms with Crippen LogP contribution in [0.5, 0.6) is 0 Å². The van der Waals surface area contributed by atoms with Crippen LogP contribution < -0.4 is 5.73 Å². The van der Waals surface area contributed by atoms with Gasteiger partial charge in [0.05, 0.1) is 19.0 Å². The van der Waals surface area contributed by atoms with Crippen LogP contribution in [0, 0.1) is 0 Å². The highest BCUT2D eigenvalue weighted by Gasteiger charge is 2.41. The zero-order valence-electron chi connectivity index (χ0n) is 14.6. The van der Waals surface area contributed by atoms with Crippen LogP contribution in [0.2, 0.25) is 0 Å². The number of fused-ring (bicyclic) bond motifs is 1. The number of imidazole rings is 1. The summed E-state index contributed by atoms with van der Waals surface area (Å²) in [4.78, 5) is 48.2. The second-order valence-corrected chi connectivity index (χ2v) is 11.7. The quantitative estimate of drug-likeness (QED) is 0.247. The molecule has 168 valence electrons. The molecule has 0 saturated carbocycles. The summed E-state index contributed by atoms with van der Waals surface area (Å²) in [5.41, 5.74) is 6.40. The molecular formula is C10H16N5O11P3S. The van der Waals surface area contributed by atoms with Crippen LogP contribution in [0.4, 0.5) is 5.82 Å². The fourth-order valence-corrected chi connectivity index (χ4v) is 6.56. The van der Waals surface area contributed by atoms with Crippen molar-refractivity contribution in [2.75, 3.05) is 12.3 Å². The standard InChI is InChI=1S/C10H16N5O11P3S/c11-9-8-10(13-3-12-9)15(4-14-8)7-1-5(16)6(24-7)2-23-29(22,30)26-28(20,21)25-27(17,18)19/h3-7,16H,1-2H2,(H,20,21)(H,22,30)(H2,11,12,13)(H2,17,18,19)/t5-,6+,7+,29?/m0/s1. The molecule has 0 amide bonds. The Morgan fingerprint density at radius 3 is 2.60 bits per heavy atom. The second kappa shape index (κ2) is 8.56. The van der Waals surface area contributed by atoms with Crippen molar-refractivity contribution in [2.24, 2.45) is 0 Å². The number of hydrogen-bond donors (Lipinski definition) is 6. The van der Waals surface area contributed by atoms with Crippen molar-refractivity contribution < 1.29 is 51.7 Å². The maximum atomic E-state index is 11.5. The Labute approximate surface area is 172 Å². The van der Waals surface area contributed by atoms with Gasteiger partial charge in [0.25, 0.3) is 0 Å². The Kier molecular flexibility index (Phi) is 6.78. The van der Waals surface area contributed by atoms with E-state index in [0.717, 1.165) is 0 Å². The van der Waals surface area contributed by atoms with Crippen molar-refractivity contribution in [1.82, 2.24) is 19.5 Å². The minimum atomic E-state index is -5.43. The van der Waals surface area contributed by atoms with Crippen molar-refractivity contribution in [3.63, 3.8) is 0 Å². The van der Waals surface area contributed by atoms with Gasteiger partial charge in [-0.05, 0) is 11.8 Å². The third-order valence-corrected chi connectivity index (χ3v) is 8.44. The number of rotatable bonds is 8. The molecule has 30 heavy (non-hydrogen) atoms. The number of ether oxygens (including phenoxy) is 1. The lowest BCUT2D eigenvalue weighted by atomic mass is 10.2. The summed E-state index contributed by atoms with van der Waals surface area (Å²) in [5.74, 6) is 0.154. The number of hydrogen-bond acceptors (Lipinski definition) is 12. The molecule has 0 aromatic carbocycles. The Morgan fingerprint density at radius 1 is 1.23 bits per heavy atom. The van der Waals surface area contributed by atoms with Crippen LogP contribution in [-0.4, -0.2) is 63.0 Å². The first-order chi connectivity index (χ1) is 13.8. The third kappa shape index (κ3) is 5.87. The number of aromatic nitrogens is 4. The van der Waals surface area contributed by atoms with Gasteiger partial charge < -0.3 is 39.7 Å². The Balaban J connectivity index is 1.64. The minimum Gasteiger partial charge on any atom is -0.390 e. The van der Waals surface area contributed by atoms with E-state index < -0.39 is 47.4 Å². The molecule has 16 nitrogen and oxygen atoms in total. The number of phosphoric acid groups is 2. The topological polar surface area (TPSA) is 242 Å². The Morgan fingerprint density at radius 2 is 1.93 bits per heavy atom. The molecule has 20 heteroatoms. The van der Waals surface area contributed by atoms with Gasteiger partial charge in [0.15, 0.2) is 11.5 Å². The van der Waals surface area contributed by atoms with Crippen LogP contribution in [0.25, 0.3) is 11.2 Å². The predicted octanol–water partition coefficient (Wildman–Crippen LogP) is -0.483. The van der Waals surface area contributed by atoms with Crippen molar-refractivity contribution >= 4 is 51.2 Å². The molecule has 2 unspecified atom stereocenters. The lowest BCUT2D eigenvalue weighted by Crippen LogP contribution is -2.26. The van der Waals surface area contributed by atoms with Gasteiger partial charge in [-0.2, -0.15) is 4.31 Å². The van der Waals surface area contributed by atoms with Gasteiger partial charge in [-0.15, -0.1) is 0 Å². The molecule has 7 N–H and O–H groups in total. The number of nitrogens with two attached hydrogens (primary N) is 1. The van der Waals surface area contributed by atoms with E-state index in [2.05, 4.69) is 35.4 Å². The average Bonchev–Trinajstić information content (AvgIpc) is 3.14. The number of aliphatic hydroxyl groups is 1. The first kappa shape index (κ1) is 23.8. The minimum absolute atomic E-state index is 0.0678. The molecule has 0 aliphatic carbocycles. The maximum absolute atomic E-state index is 11.5. The fourth-order valence-electron chi connectivity index (χ4n) is 2.59. The van der Waals surface area contributed by atoms with E-state index in [1.54, 1.807) is 0 Å². The van der Waals surface area contributed by atoms with Gasteiger partial charge in [0.1, 0.15) is 24.2 Å². The zero-order chi connectivity index (χ0) is 22.3. The van der Waals surface area contributed by atoms with E-state index in [0.29, 0.717) is 11.2 Å². The monoisotopic (exact) mass is 507 g/mol. The smallest absolute Gasteiger partial charge is 0.390 e. The zero-order valence-corrected chi connectivity index (χ0v) is 18.1. The number of nitrogens with zero attached hydrogens (tertiary/aromatic N) is 4. The number of aliphatic hydroxyl groups excluding tert-OH is 1. The predicted molar refractivity (Wildman–Crippen MR) is 101 cm³/mol. The van der Waals surface area contributed by atoms with Gasteiger partial charge in [-0.25, -0.2) is 28.4 Å². The van der Waals surface area contributed by atoms with E-state index in [-0.39, 0.29) is 12.2 Å². The lowest BCUT2D eigenvalue weighted by molar-refractivity contribution is -0.0399. The lowest BCUT2D eigenvalue weighted by Gasteiger charge is -2.21. The van der Waals surface area contributed by atoms with E-state index >= 15 is 0 Å². The van der Waals surface area contributed by atoms with Crippen molar-refractivity contribution in [3.05, 3.63) is 12.7 Å². The van der Waals surface area contributed by atoms with Crippen molar-refractivity contribution in [1.29, 1.82) is 0 Å². The Hall–Kier alpha value is -0.900. The van der Waals surface area contributed by atoms with Crippen molar-refractivity contribution in [3.8, 4) is 0 Å². The average molecular weight is 507 g/mol. The van der Waals surface area contributed by atoms with E-state index in [9.17, 15) is 24.0 Å². The van der Waals surface area contributed by atoms with Crippen LogP contribution in [0.1, 0.15) is 12.6 Å². The van der Waals surface area contributed by atoms with E-state index in [4.69, 9.17) is 24.8 Å². The SMILES string of the molecule is Nc1ncnc2c1ncn2[C@H]1C[C@H](O)[C@@H](COP(O)(=S)OP(=O)(O)OP(=O)(O)O)O1. The van der Waals surface area contributed by atoms with Crippen LogP contribution in [0.3, 0.4) is 0 Å². The second-order valence-electron chi connectivity index (χ2n) is 5.90. The molecule has 0 radical (unpaired) electrons. The molecule has 0 bridgehead atoms. The summed E-state index contributed by atoms with van der Waals surface area (Å²) in [7, 11) is -10.8. The molecule has 2 aromatic heterocycles. The molecular weight excluding hydrogens is 491 g/mol. The van der Waals surface area contributed by atoms with Crippen LogP contribution >= 0.6 is 22.4 Å². The molecule has 3 heterocycles. The van der Waals surface area contributed by atoms with Gasteiger partial charge >= 0.3 is 22.4 Å². The summed E-state index contributed by atoms with van der Waals surface area (Å²) >= 11 is 4.51. The van der Waals surface area contributed by atoms with Gasteiger partial charge in [0, 0.05) is 6.42 Å². The molecule has 1 fully saturated rings. The highest BCUT2D eigenvalue weighted by molar-refractivity contribution is 8.08. The number of anilines is 1. The van der Waals surface area contributed by atoms with Crippen LogP contribution in [0.15, 0.2) is 12.7 Å². The summed E-state index contributed by atoms with van der Waals surface area (Å²) in [5, 5.41) is 10.2. The van der Waals surface area contributed by atoms with Crippen LogP contribution in [-0.2, 0) is 38.8 Å². The summed E-state index contributed by atoms with van der Waals surface area (Å²) in [6.07, 6.45) is -0.213. The summed E-state index contributed by atoms with van der Waals surface area (Å²) in [6.45, 7) is -5.08. The summed E-state index contributed by atoms with van der Waals surface area (Å²) in [6, 6.07) is 0. The molecule has 5 atom stereocenters. The Bertz CT molecular complexity index is 1080. The first-order valence-corrected chi connectivity index (χ1v) is 13.4. The van der Waals surface area contributed by atoms with Crippen molar-refractivity contribution in [2.45, 2.75) is 24.9 Å². The van der Waals surface area contributed by atoms with Gasteiger partial charge in [0.2, 0.25) is 0 Å². The van der Waals surface area contributed by atoms with Gasteiger partial charge in [-0.3, -0.25) is 4.57 Å². The number of nitrogen functional groups attached to an aromatic ring is 1. The molecule has 1 aliphatic rings. The molecule has 1 saturated heterocycles. The molecule has 0 spiro atoms. The maximum Gasteiger partial charge on any atom is 0.488 e. The van der Waals surface area contributed by atoms with E-state index in [1.807, 2.05) is 0 Å². The van der Waals surface area contributed by atoms with Gasteiger partial charge in [-0.1, -0.05) is 0 Å².